The van der Waals surface area contributed by atoms with Gasteiger partial charge in [0.2, 0.25) is 0 Å². The molecule has 4 N–H and O–H groups in total. The number of aromatic nitrogens is 3. The minimum Gasteiger partial charge on any atom is -0.390 e. The zero-order chi connectivity index (χ0) is 19.3. The van der Waals surface area contributed by atoms with Crippen LogP contribution in [0.4, 0.5) is 5.69 Å². The summed E-state index contributed by atoms with van der Waals surface area (Å²) < 4.78 is 0. The Balaban J connectivity index is 1.42. The fourth-order valence-electron chi connectivity index (χ4n) is 5.91. The standard InChI is InChI=1S/C21H25N5O2/c22-20(27)17-11-25-15(5-16-10-23-1-2-24-16)6-18(17)26-19-13-3-12-4-14(19)9-21(28,7-12)8-13/h1-2,6,10-14,19,28H,3-5,7-9H2,(H2,22,27)(H,25,26)/t12?,13-,14+,19?,21?. The van der Waals surface area contributed by atoms with E-state index in [0.29, 0.717) is 29.7 Å². The number of nitrogens with two attached hydrogens (primary N) is 1. The fourth-order valence-corrected chi connectivity index (χ4v) is 5.91. The molecule has 5 atom stereocenters. The summed E-state index contributed by atoms with van der Waals surface area (Å²) in [5.74, 6) is 1.03. The van der Waals surface area contributed by atoms with E-state index in [1.54, 1.807) is 24.8 Å². The third-order valence-electron chi connectivity index (χ3n) is 6.77. The number of hydrogen-bond donors (Lipinski definition) is 3. The van der Waals surface area contributed by atoms with Gasteiger partial charge in [0, 0.05) is 42.9 Å². The van der Waals surface area contributed by atoms with E-state index < -0.39 is 11.5 Å². The van der Waals surface area contributed by atoms with Crippen molar-refractivity contribution < 1.29 is 9.90 Å². The monoisotopic (exact) mass is 379 g/mol. The minimum absolute atomic E-state index is 0.265. The minimum atomic E-state index is -0.483. The third-order valence-corrected chi connectivity index (χ3v) is 6.77. The molecule has 0 spiro atoms. The molecule has 2 aromatic heterocycles. The molecule has 4 saturated carbocycles. The maximum atomic E-state index is 12.0. The van der Waals surface area contributed by atoms with Crippen LogP contribution in [-0.2, 0) is 6.42 Å². The van der Waals surface area contributed by atoms with Gasteiger partial charge in [0.1, 0.15) is 0 Å². The normalized spacial score (nSPS) is 33.0. The molecule has 0 aliphatic heterocycles. The van der Waals surface area contributed by atoms with Crippen molar-refractivity contribution in [3.8, 4) is 0 Å². The molecule has 2 aromatic rings. The molecule has 0 aromatic carbocycles. The number of anilines is 1. The molecule has 2 heterocycles. The van der Waals surface area contributed by atoms with Crippen LogP contribution in [0.2, 0.25) is 0 Å². The number of nitrogens with zero attached hydrogens (tertiary/aromatic N) is 3. The quantitative estimate of drug-likeness (QED) is 0.731. The van der Waals surface area contributed by atoms with Gasteiger partial charge in [0.15, 0.2) is 0 Å². The van der Waals surface area contributed by atoms with Crippen LogP contribution in [0, 0.1) is 17.8 Å². The van der Waals surface area contributed by atoms with Gasteiger partial charge in [-0.25, -0.2) is 0 Å². The number of aliphatic hydroxyl groups is 1. The van der Waals surface area contributed by atoms with Crippen LogP contribution in [0.3, 0.4) is 0 Å². The zero-order valence-corrected chi connectivity index (χ0v) is 15.7. The first-order valence-corrected chi connectivity index (χ1v) is 10.0. The molecule has 4 aliphatic carbocycles. The number of carbonyl (C=O) groups excluding carboxylic acids is 1. The van der Waals surface area contributed by atoms with Gasteiger partial charge in [0.25, 0.3) is 5.91 Å². The van der Waals surface area contributed by atoms with E-state index in [9.17, 15) is 9.90 Å². The molecular weight excluding hydrogens is 354 g/mol. The number of pyridine rings is 1. The van der Waals surface area contributed by atoms with Crippen LogP contribution in [0.5, 0.6) is 0 Å². The molecular formula is C21H25N5O2. The lowest BCUT2D eigenvalue weighted by Gasteiger charge is -2.58. The number of carbonyl (C=O) groups is 1. The van der Waals surface area contributed by atoms with Gasteiger partial charge >= 0.3 is 0 Å². The highest BCUT2D eigenvalue weighted by molar-refractivity contribution is 5.98. The molecule has 7 heteroatoms. The van der Waals surface area contributed by atoms with Crippen LogP contribution in [-0.4, -0.2) is 37.6 Å². The lowest BCUT2D eigenvalue weighted by Crippen LogP contribution is -2.59. The van der Waals surface area contributed by atoms with E-state index in [-0.39, 0.29) is 6.04 Å². The van der Waals surface area contributed by atoms with Crippen molar-refractivity contribution in [1.82, 2.24) is 15.0 Å². The highest BCUT2D eigenvalue weighted by atomic mass is 16.3. The van der Waals surface area contributed by atoms with Crippen LogP contribution in [0.25, 0.3) is 0 Å². The fraction of sp³-hybridized carbons (Fsp3) is 0.524. The van der Waals surface area contributed by atoms with E-state index >= 15 is 0 Å². The van der Waals surface area contributed by atoms with Gasteiger partial charge in [0.05, 0.1) is 22.5 Å². The third kappa shape index (κ3) is 3.13. The molecule has 7 nitrogen and oxygen atoms in total. The lowest BCUT2D eigenvalue weighted by molar-refractivity contribution is -0.129. The van der Waals surface area contributed by atoms with E-state index in [1.807, 2.05) is 6.07 Å². The summed E-state index contributed by atoms with van der Waals surface area (Å²) in [5, 5.41) is 14.4. The molecule has 146 valence electrons. The summed E-state index contributed by atoms with van der Waals surface area (Å²) >= 11 is 0. The van der Waals surface area contributed by atoms with E-state index in [0.717, 1.165) is 49.2 Å². The molecule has 28 heavy (non-hydrogen) atoms. The lowest BCUT2D eigenvalue weighted by atomic mass is 9.52. The topological polar surface area (TPSA) is 114 Å². The maximum Gasteiger partial charge on any atom is 0.252 e. The molecule has 4 bridgehead atoms. The van der Waals surface area contributed by atoms with Crippen molar-refractivity contribution in [2.45, 2.75) is 50.2 Å². The smallest absolute Gasteiger partial charge is 0.252 e. The number of amides is 1. The Kier molecular flexibility index (Phi) is 4.08. The largest absolute Gasteiger partial charge is 0.390 e. The van der Waals surface area contributed by atoms with Gasteiger partial charge in [-0.3, -0.25) is 19.7 Å². The highest BCUT2D eigenvalue weighted by Gasteiger charge is 2.54. The Hall–Kier alpha value is -2.54. The average molecular weight is 379 g/mol. The molecule has 6 rings (SSSR count). The van der Waals surface area contributed by atoms with Crippen molar-refractivity contribution in [3.63, 3.8) is 0 Å². The molecule has 0 radical (unpaired) electrons. The molecule has 4 fully saturated rings. The van der Waals surface area contributed by atoms with Gasteiger partial charge in [-0.15, -0.1) is 0 Å². The van der Waals surface area contributed by atoms with Crippen LogP contribution in [0.15, 0.2) is 30.9 Å². The van der Waals surface area contributed by atoms with Crippen molar-refractivity contribution in [2.24, 2.45) is 23.5 Å². The Morgan fingerprint density at radius 2 is 1.93 bits per heavy atom. The predicted octanol–water partition coefficient (Wildman–Crippen LogP) is 1.91. The number of rotatable bonds is 5. The van der Waals surface area contributed by atoms with Gasteiger partial charge in [-0.1, -0.05) is 0 Å². The Bertz CT molecular complexity index is 887. The maximum absolute atomic E-state index is 12.0. The van der Waals surface area contributed by atoms with E-state index in [1.165, 1.54) is 0 Å². The van der Waals surface area contributed by atoms with Gasteiger partial charge < -0.3 is 16.2 Å². The summed E-state index contributed by atoms with van der Waals surface area (Å²) in [5.41, 5.74) is 7.92. The summed E-state index contributed by atoms with van der Waals surface area (Å²) in [6, 6.07) is 2.18. The van der Waals surface area contributed by atoms with Crippen molar-refractivity contribution >= 4 is 11.6 Å². The van der Waals surface area contributed by atoms with Crippen molar-refractivity contribution in [3.05, 3.63) is 47.8 Å². The first kappa shape index (κ1) is 17.6. The summed E-state index contributed by atoms with van der Waals surface area (Å²) in [6.45, 7) is 0. The number of primary amides is 1. The van der Waals surface area contributed by atoms with E-state index in [2.05, 4.69) is 20.3 Å². The van der Waals surface area contributed by atoms with Crippen molar-refractivity contribution in [2.75, 3.05) is 5.32 Å². The number of nitrogens with one attached hydrogen (secondary N) is 1. The molecule has 3 unspecified atom stereocenters. The second kappa shape index (κ2) is 6.51. The number of hydrogen-bond acceptors (Lipinski definition) is 6. The van der Waals surface area contributed by atoms with Crippen LogP contribution >= 0.6 is 0 Å². The van der Waals surface area contributed by atoms with Crippen LogP contribution < -0.4 is 11.1 Å². The highest BCUT2D eigenvalue weighted by Crippen LogP contribution is 2.56. The SMILES string of the molecule is NC(=O)c1cnc(Cc2cnccn2)cc1NC1[C@@H]2CC3C[C@H]1CC(O)(C3)C2. The molecule has 1 amide bonds. The Morgan fingerprint density at radius 3 is 2.57 bits per heavy atom. The Labute approximate surface area is 163 Å². The summed E-state index contributed by atoms with van der Waals surface area (Å²) in [4.78, 5) is 24.8. The molecule has 4 aliphatic rings. The predicted molar refractivity (Wildman–Crippen MR) is 104 cm³/mol. The van der Waals surface area contributed by atoms with Gasteiger partial charge in [-0.05, 0) is 55.9 Å². The Morgan fingerprint density at radius 1 is 1.14 bits per heavy atom. The van der Waals surface area contributed by atoms with Crippen molar-refractivity contribution in [1.29, 1.82) is 0 Å². The van der Waals surface area contributed by atoms with E-state index in [4.69, 9.17) is 5.73 Å². The first-order valence-electron chi connectivity index (χ1n) is 10.0. The first-order chi connectivity index (χ1) is 13.5. The molecule has 0 saturated heterocycles. The van der Waals surface area contributed by atoms with Gasteiger partial charge in [-0.2, -0.15) is 0 Å². The summed E-state index contributed by atoms with van der Waals surface area (Å²) in [6.07, 6.45) is 12.1. The summed E-state index contributed by atoms with van der Waals surface area (Å²) in [7, 11) is 0. The second-order valence-corrected chi connectivity index (χ2v) is 8.82. The average Bonchev–Trinajstić information content (AvgIpc) is 2.64. The zero-order valence-electron chi connectivity index (χ0n) is 15.7. The second-order valence-electron chi connectivity index (χ2n) is 8.82. The van der Waals surface area contributed by atoms with Crippen LogP contribution in [0.1, 0.15) is 53.8 Å².